The van der Waals surface area contributed by atoms with E-state index in [2.05, 4.69) is 27.9 Å². The number of fused-ring (bicyclic) bond motifs is 1. The van der Waals surface area contributed by atoms with Gasteiger partial charge in [-0.25, -0.2) is 4.99 Å². The predicted molar refractivity (Wildman–Crippen MR) is 92.8 cm³/mol. The van der Waals surface area contributed by atoms with Gasteiger partial charge >= 0.3 is 0 Å². The number of aliphatic imine (C=N–C) groups is 1. The van der Waals surface area contributed by atoms with Crippen LogP contribution in [0.5, 0.6) is 0 Å². The third kappa shape index (κ3) is 2.74. The molecule has 0 saturated heterocycles. The molecule has 3 N–H and O–H groups in total. The second-order valence-corrected chi connectivity index (χ2v) is 7.13. The molecule has 0 aromatic heterocycles. The highest BCUT2D eigenvalue weighted by atomic mass is 32.2. The lowest BCUT2D eigenvalue weighted by Crippen LogP contribution is -2.46. The van der Waals surface area contributed by atoms with Crippen LogP contribution < -0.4 is 16.0 Å². The van der Waals surface area contributed by atoms with Crippen molar-refractivity contribution in [3.63, 3.8) is 0 Å². The zero-order valence-corrected chi connectivity index (χ0v) is 13.6. The van der Waals surface area contributed by atoms with Crippen LogP contribution >= 0.6 is 11.8 Å². The van der Waals surface area contributed by atoms with Crippen molar-refractivity contribution >= 4 is 23.9 Å². The minimum atomic E-state index is -0.426. The van der Waals surface area contributed by atoms with Crippen molar-refractivity contribution in [3.05, 3.63) is 57.8 Å². The molecule has 2 atom stereocenters. The molecule has 1 amide bonds. The van der Waals surface area contributed by atoms with E-state index in [1.165, 1.54) is 16.2 Å². The Morgan fingerprint density at radius 2 is 2.09 bits per heavy atom. The fraction of sp³-hybridized carbons (Fsp3) is 0.294. The van der Waals surface area contributed by atoms with E-state index in [1.807, 2.05) is 36.2 Å². The quantitative estimate of drug-likeness (QED) is 0.780. The van der Waals surface area contributed by atoms with E-state index in [1.54, 1.807) is 12.1 Å². The Bertz CT molecular complexity index is 738. The zero-order chi connectivity index (χ0) is 15.8. The summed E-state index contributed by atoms with van der Waals surface area (Å²) in [5.41, 5.74) is 4.27. The number of amides is 1. The number of carbonyl (C=O) groups is 1. The fourth-order valence-electron chi connectivity index (χ4n) is 3.01. The number of nitrogens with one attached hydrogen (secondary N) is 3. The van der Waals surface area contributed by atoms with Gasteiger partial charge in [0, 0.05) is 17.5 Å². The number of rotatable bonds is 2. The molecule has 4 rings (SSSR count). The lowest BCUT2D eigenvalue weighted by atomic mass is 9.99. The van der Waals surface area contributed by atoms with Gasteiger partial charge in [0.2, 0.25) is 0 Å². The lowest BCUT2D eigenvalue weighted by molar-refractivity contribution is 0.0933. The average molecular weight is 326 g/mol. The van der Waals surface area contributed by atoms with Crippen molar-refractivity contribution in [2.24, 2.45) is 4.99 Å². The maximum absolute atomic E-state index is 12.3. The molecule has 1 aromatic rings. The summed E-state index contributed by atoms with van der Waals surface area (Å²) in [6.45, 7) is 2.16. The maximum atomic E-state index is 12.3. The van der Waals surface area contributed by atoms with Crippen molar-refractivity contribution in [3.8, 4) is 0 Å². The van der Waals surface area contributed by atoms with Gasteiger partial charge in [0.25, 0.3) is 5.91 Å². The van der Waals surface area contributed by atoms with Crippen molar-refractivity contribution in [1.29, 1.82) is 0 Å². The van der Waals surface area contributed by atoms with Gasteiger partial charge in [-0.15, -0.1) is 0 Å². The Kier molecular flexibility index (Phi) is 3.61. The summed E-state index contributed by atoms with van der Waals surface area (Å²) < 4.78 is 0. The summed E-state index contributed by atoms with van der Waals surface area (Å²) in [5.74, 6) is -0.125. The summed E-state index contributed by atoms with van der Waals surface area (Å²) in [6.07, 6.45) is 3.48. The Morgan fingerprint density at radius 3 is 2.91 bits per heavy atom. The van der Waals surface area contributed by atoms with Gasteiger partial charge < -0.3 is 16.0 Å². The molecule has 23 heavy (non-hydrogen) atoms. The van der Waals surface area contributed by atoms with E-state index in [-0.39, 0.29) is 5.91 Å². The molecule has 2 heterocycles. The Hall–Kier alpha value is -2.21. The molecule has 5 nitrogen and oxygen atoms in total. The van der Waals surface area contributed by atoms with Gasteiger partial charge in [-0.3, -0.25) is 4.79 Å². The van der Waals surface area contributed by atoms with E-state index in [9.17, 15) is 4.79 Å². The summed E-state index contributed by atoms with van der Waals surface area (Å²) in [4.78, 5) is 18.0. The smallest absolute Gasteiger partial charge is 0.254 e. The van der Waals surface area contributed by atoms with E-state index in [0.29, 0.717) is 10.9 Å². The number of hydrogen-bond donors (Lipinski definition) is 3. The third-order valence-electron chi connectivity index (χ3n) is 4.10. The number of thioether (sulfide) groups is 1. The normalized spacial score (nSPS) is 25.4. The molecule has 0 fully saturated rings. The maximum Gasteiger partial charge on any atom is 0.254 e. The highest BCUT2D eigenvalue weighted by Gasteiger charge is 2.31. The lowest BCUT2D eigenvalue weighted by Gasteiger charge is -2.28. The van der Waals surface area contributed by atoms with Crippen molar-refractivity contribution < 1.29 is 4.79 Å². The van der Waals surface area contributed by atoms with E-state index < -0.39 is 6.29 Å². The summed E-state index contributed by atoms with van der Waals surface area (Å²) in [5, 5.41) is 10.2. The largest absolute Gasteiger partial charge is 0.376 e. The summed E-state index contributed by atoms with van der Waals surface area (Å²) in [7, 11) is 0. The first-order valence-corrected chi connectivity index (χ1v) is 8.64. The summed E-state index contributed by atoms with van der Waals surface area (Å²) >= 11 is 1.83. The van der Waals surface area contributed by atoms with Gasteiger partial charge in [-0.1, -0.05) is 30.0 Å². The first-order valence-electron chi connectivity index (χ1n) is 7.76. The number of benzene rings is 1. The molecular weight excluding hydrogens is 308 g/mol. The van der Waals surface area contributed by atoms with Gasteiger partial charge in [0.05, 0.1) is 16.0 Å². The van der Waals surface area contributed by atoms with Gasteiger partial charge in [-0.05, 0) is 37.5 Å². The first-order chi connectivity index (χ1) is 11.2. The molecule has 2 aliphatic heterocycles. The molecule has 0 saturated carbocycles. The van der Waals surface area contributed by atoms with Gasteiger partial charge in [0.15, 0.2) is 6.29 Å². The highest BCUT2D eigenvalue weighted by Crippen LogP contribution is 2.41. The van der Waals surface area contributed by atoms with Crippen LogP contribution in [0.15, 0.2) is 57.2 Å². The Balaban J connectivity index is 1.50. The molecule has 2 unspecified atom stereocenters. The number of nitrogens with zero attached hydrogens (tertiary/aromatic N) is 1. The molecule has 0 bridgehead atoms. The standard InChI is InChI=1S/C17H18N4OS/c1-10-19-13-8-7-12-9-18-17(20-14(12)15(13)23-10)21-16(22)11-5-3-2-4-6-11/h2-6,9-10,17,19-20H,7-8H2,1H3,(H,21,22). The minimum Gasteiger partial charge on any atom is -0.376 e. The van der Waals surface area contributed by atoms with Crippen LogP contribution in [0.4, 0.5) is 0 Å². The summed E-state index contributed by atoms with van der Waals surface area (Å²) in [6, 6.07) is 9.20. The topological polar surface area (TPSA) is 65.5 Å². The van der Waals surface area contributed by atoms with E-state index in [4.69, 9.17) is 0 Å². The predicted octanol–water partition coefficient (Wildman–Crippen LogP) is 2.32. The van der Waals surface area contributed by atoms with Gasteiger partial charge in [-0.2, -0.15) is 0 Å². The third-order valence-corrected chi connectivity index (χ3v) is 5.26. The molecule has 118 valence electrons. The van der Waals surface area contributed by atoms with Crippen LogP contribution in [0.2, 0.25) is 0 Å². The number of carbonyl (C=O) groups excluding carboxylic acids is 1. The molecular formula is C17H18N4OS. The van der Waals surface area contributed by atoms with Crippen LogP contribution in [-0.4, -0.2) is 23.8 Å². The first kappa shape index (κ1) is 14.4. The minimum absolute atomic E-state index is 0.125. The second kappa shape index (κ2) is 5.77. The molecule has 3 aliphatic rings. The fourth-order valence-corrected chi connectivity index (χ4v) is 4.18. The Labute approximate surface area is 139 Å². The number of hydrogen-bond acceptors (Lipinski definition) is 5. The SMILES string of the molecule is CC1NC2=C(S1)C1=C(C=NC(NC(=O)c3ccccc3)N1)CC2. The van der Waals surface area contributed by atoms with Crippen LogP contribution in [0.1, 0.15) is 30.1 Å². The van der Waals surface area contributed by atoms with E-state index >= 15 is 0 Å². The molecule has 1 aliphatic carbocycles. The van der Waals surface area contributed by atoms with E-state index in [0.717, 1.165) is 18.5 Å². The molecule has 1 aromatic carbocycles. The van der Waals surface area contributed by atoms with Crippen molar-refractivity contribution in [2.75, 3.05) is 0 Å². The molecule has 0 radical (unpaired) electrons. The van der Waals surface area contributed by atoms with Gasteiger partial charge in [0.1, 0.15) is 0 Å². The van der Waals surface area contributed by atoms with Crippen LogP contribution in [-0.2, 0) is 0 Å². The van der Waals surface area contributed by atoms with Crippen LogP contribution in [0, 0.1) is 0 Å². The molecule has 0 spiro atoms. The monoisotopic (exact) mass is 326 g/mol. The van der Waals surface area contributed by atoms with Crippen LogP contribution in [0.3, 0.4) is 0 Å². The number of allylic oxidation sites excluding steroid dienone is 2. The van der Waals surface area contributed by atoms with Crippen molar-refractivity contribution in [2.45, 2.75) is 31.4 Å². The average Bonchev–Trinajstić information content (AvgIpc) is 2.96. The Morgan fingerprint density at radius 1 is 1.26 bits per heavy atom. The molecule has 6 heteroatoms. The second-order valence-electron chi connectivity index (χ2n) is 5.78. The highest BCUT2D eigenvalue weighted by molar-refractivity contribution is 8.04. The van der Waals surface area contributed by atoms with Crippen molar-refractivity contribution in [1.82, 2.24) is 16.0 Å². The van der Waals surface area contributed by atoms with Crippen LogP contribution in [0.25, 0.3) is 0 Å². The zero-order valence-electron chi connectivity index (χ0n) is 12.8.